The third kappa shape index (κ3) is 4.75. The fraction of sp³-hybridized carbons (Fsp3) is 0.0769. The molecule has 0 radical (unpaired) electrons. The molecule has 3 heterocycles. The molecule has 2 aromatic carbocycles. The third-order valence-corrected chi connectivity index (χ3v) is 6.59. The van der Waals surface area contributed by atoms with Gasteiger partial charge in [0.05, 0.1) is 11.8 Å². The Balaban J connectivity index is 1.34. The number of anilines is 4. The number of nitrogens with zero attached hydrogens (tertiary/aromatic N) is 3. The molecule has 0 saturated carbocycles. The molecule has 36 heavy (non-hydrogen) atoms. The molecule has 0 atom stereocenters. The summed E-state index contributed by atoms with van der Waals surface area (Å²) in [5.41, 5.74) is 11.2. The Morgan fingerprint density at radius 2 is 1.69 bits per heavy atom. The lowest BCUT2D eigenvalue weighted by molar-refractivity contribution is 0.102. The SMILES string of the molecule is Cc1ccc(NC(=O)Nc2cccc(NC(=O)c3csc4c(-c5cnn(C)c5)cnc(N)c34)c2)cc1. The van der Waals surface area contributed by atoms with Crippen LogP contribution in [0.1, 0.15) is 15.9 Å². The number of urea groups is 1. The lowest BCUT2D eigenvalue weighted by atomic mass is 10.1. The van der Waals surface area contributed by atoms with E-state index in [9.17, 15) is 9.59 Å². The molecule has 5 aromatic rings. The number of aryl methyl sites for hydroxylation is 2. The standard InChI is InChI=1S/C26H23N7O2S/c1-15-6-8-17(9-7-15)31-26(35)32-19-5-3-4-18(10-19)30-25(34)21-14-36-23-20(12-28-24(27)22(21)23)16-11-29-33(2)13-16/h3-14H,1-2H3,(H2,27,28)(H,30,34)(H2,31,32,35). The molecule has 3 amide bonds. The Bertz CT molecular complexity index is 1590. The monoisotopic (exact) mass is 497 g/mol. The van der Waals surface area contributed by atoms with Gasteiger partial charge in [-0.15, -0.1) is 11.3 Å². The highest BCUT2D eigenvalue weighted by molar-refractivity contribution is 7.18. The van der Waals surface area contributed by atoms with E-state index in [0.29, 0.717) is 28.0 Å². The Morgan fingerprint density at radius 3 is 2.42 bits per heavy atom. The number of aromatic nitrogens is 3. The second-order valence-electron chi connectivity index (χ2n) is 8.29. The van der Waals surface area contributed by atoms with Crippen molar-refractivity contribution in [2.24, 2.45) is 7.05 Å². The highest BCUT2D eigenvalue weighted by atomic mass is 32.1. The van der Waals surface area contributed by atoms with Gasteiger partial charge < -0.3 is 21.7 Å². The van der Waals surface area contributed by atoms with Gasteiger partial charge in [-0.1, -0.05) is 23.8 Å². The summed E-state index contributed by atoms with van der Waals surface area (Å²) in [6.45, 7) is 1.98. The Morgan fingerprint density at radius 1 is 0.972 bits per heavy atom. The number of hydrogen-bond acceptors (Lipinski definition) is 6. The topological polar surface area (TPSA) is 127 Å². The van der Waals surface area contributed by atoms with Crippen LogP contribution in [0.3, 0.4) is 0 Å². The first-order valence-corrected chi connectivity index (χ1v) is 12.0. The van der Waals surface area contributed by atoms with Crippen molar-refractivity contribution in [2.45, 2.75) is 6.92 Å². The first kappa shape index (κ1) is 23.1. The number of carbonyl (C=O) groups is 2. The molecule has 0 bridgehead atoms. The highest BCUT2D eigenvalue weighted by Crippen LogP contribution is 2.37. The average Bonchev–Trinajstić information content (AvgIpc) is 3.48. The summed E-state index contributed by atoms with van der Waals surface area (Å²) in [7, 11) is 1.84. The highest BCUT2D eigenvalue weighted by Gasteiger charge is 2.19. The molecule has 0 aliphatic rings. The molecule has 0 aliphatic carbocycles. The van der Waals surface area contributed by atoms with E-state index in [1.54, 1.807) is 46.7 Å². The number of rotatable bonds is 5. The molecule has 3 aromatic heterocycles. The molecule has 0 spiro atoms. The van der Waals surface area contributed by atoms with Gasteiger partial charge in [-0.05, 0) is 37.3 Å². The number of thiophene rings is 1. The number of nitrogen functional groups attached to an aromatic ring is 1. The minimum absolute atomic E-state index is 0.284. The van der Waals surface area contributed by atoms with Crippen LogP contribution < -0.4 is 21.7 Å². The molecule has 9 nitrogen and oxygen atoms in total. The zero-order chi connectivity index (χ0) is 25.2. The zero-order valence-electron chi connectivity index (χ0n) is 19.6. The maximum Gasteiger partial charge on any atom is 0.323 e. The minimum Gasteiger partial charge on any atom is -0.383 e. The number of benzene rings is 2. The van der Waals surface area contributed by atoms with Gasteiger partial charge in [0.2, 0.25) is 0 Å². The van der Waals surface area contributed by atoms with E-state index >= 15 is 0 Å². The number of amides is 3. The number of fused-ring (bicyclic) bond motifs is 1. The van der Waals surface area contributed by atoms with Crippen molar-refractivity contribution >= 4 is 56.2 Å². The number of carbonyl (C=O) groups excluding carboxylic acids is 2. The lowest BCUT2D eigenvalue weighted by Gasteiger charge is -2.10. The van der Waals surface area contributed by atoms with E-state index in [2.05, 4.69) is 26.0 Å². The molecule has 0 fully saturated rings. The fourth-order valence-corrected chi connectivity index (χ4v) is 4.89. The number of pyridine rings is 1. The van der Waals surface area contributed by atoms with Crippen molar-refractivity contribution in [3.8, 4) is 11.1 Å². The van der Waals surface area contributed by atoms with Gasteiger partial charge in [0.15, 0.2) is 0 Å². The largest absolute Gasteiger partial charge is 0.383 e. The molecular formula is C26H23N7O2S. The van der Waals surface area contributed by atoms with Gasteiger partial charge in [0.25, 0.3) is 5.91 Å². The Labute approximate surface area is 211 Å². The van der Waals surface area contributed by atoms with Gasteiger partial charge >= 0.3 is 6.03 Å². The van der Waals surface area contributed by atoms with Crippen LogP contribution in [0.4, 0.5) is 27.7 Å². The number of nitrogens with one attached hydrogen (secondary N) is 3. The van der Waals surface area contributed by atoms with E-state index in [-0.39, 0.29) is 17.8 Å². The first-order chi connectivity index (χ1) is 17.4. The van der Waals surface area contributed by atoms with Crippen molar-refractivity contribution in [3.05, 3.63) is 83.6 Å². The Kier molecular flexibility index (Phi) is 6.09. The molecule has 0 unspecified atom stereocenters. The number of hydrogen-bond donors (Lipinski definition) is 4. The van der Waals surface area contributed by atoms with Crippen molar-refractivity contribution in [1.29, 1.82) is 0 Å². The number of nitrogens with two attached hydrogens (primary N) is 1. The first-order valence-electron chi connectivity index (χ1n) is 11.1. The second-order valence-corrected chi connectivity index (χ2v) is 9.17. The predicted octanol–water partition coefficient (Wildman–Crippen LogP) is 5.48. The van der Waals surface area contributed by atoms with Gasteiger partial charge in [-0.25, -0.2) is 9.78 Å². The summed E-state index contributed by atoms with van der Waals surface area (Å²) in [4.78, 5) is 29.9. The van der Waals surface area contributed by atoms with E-state index < -0.39 is 0 Å². The molecule has 0 saturated heterocycles. The molecule has 5 N–H and O–H groups in total. The van der Waals surface area contributed by atoms with Crippen molar-refractivity contribution < 1.29 is 9.59 Å². The molecule has 180 valence electrons. The molecular weight excluding hydrogens is 474 g/mol. The summed E-state index contributed by atoms with van der Waals surface area (Å²) in [5.74, 6) is -0.0356. The van der Waals surface area contributed by atoms with Crippen LogP contribution >= 0.6 is 11.3 Å². The quantitative estimate of drug-likeness (QED) is 0.256. The average molecular weight is 498 g/mol. The van der Waals surface area contributed by atoms with Crippen molar-refractivity contribution in [3.63, 3.8) is 0 Å². The summed E-state index contributed by atoms with van der Waals surface area (Å²) in [5, 5.41) is 15.1. The predicted molar refractivity (Wildman–Crippen MR) is 144 cm³/mol. The van der Waals surface area contributed by atoms with Crippen LogP contribution in [0.25, 0.3) is 21.2 Å². The zero-order valence-corrected chi connectivity index (χ0v) is 20.4. The van der Waals surface area contributed by atoms with Gasteiger partial charge in [0, 0.05) is 63.1 Å². The van der Waals surface area contributed by atoms with Gasteiger partial charge in [-0.2, -0.15) is 5.10 Å². The smallest absolute Gasteiger partial charge is 0.323 e. The molecule has 10 heteroatoms. The van der Waals surface area contributed by atoms with E-state index in [4.69, 9.17) is 5.73 Å². The van der Waals surface area contributed by atoms with Crippen LogP contribution in [0.2, 0.25) is 0 Å². The maximum atomic E-state index is 13.2. The maximum absolute atomic E-state index is 13.2. The van der Waals surface area contributed by atoms with Gasteiger partial charge in [0.1, 0.15) is 5.82 Å². The summed E-state index contributed by atoms with van der Waals surface area (Å²) >= 11 is 1.43. The van der Waals surface area contributed by atoms with Crippen molar-refractivity contribution in [2.75, 3.05) is 21.7 Å². The minimum atomic E-state index is -0.382. The van der Waals surface area contributed by atoms with Gasteiger partial charge in [-0.3, -0.25) is 9.48 Å². The fourth-order valence-electron chi connectivity index (χ4n) is 3.80. The Hall–Kier alpha value is -4.70. The molecule has 5 rings (SSSR count). The van der Waals surface area contributed by atoms with Crippen molar-refractivity contribution in [1.82, 2.24) is 14.8 Å². The summed E-state index contributed by atoms with van der Waals surface area (Å²) < 4.78 is 2.57. The van der Waals surface area contributed by atoms with Crippen LogP contribution in [-0.2, 0) is 7.05 Å². The molecule has 0 aliphatic heterocycles. The van der Waals surface area contributed by atoms with Crippen LogP contribution in [0.5, 0.6) is 0 Å². The van der Waals surface area contributed by atoms with Crippen LogP contribution in [0.15, 0.2) is 72.5 Å². The normalized spacial score (nSPS) is 10.8. The van der Waals surface area contributed by atoms with Crippen LogP contribution in [0, 0.1) is 6.92 Å². The summed E-state index contributed by atoms with van der Waals surface area (Å²) in [6.07, 6.45) is 5.34. The van der Waals surface area contributed by atoms with E-state index in [0.717, 1.165) is 21.4 Å². The summed E-state index contributed by atoms with van der Waals surface area (Å²) in [6, 6.07) is 14.0. The van der Waals surface area contributed by atoms with Crippen LogP contribution in [-0.4, -0.2) is 26.7 Å². The second kappa shape index (κ2) is 9.51. The lowest BCUT2D eigenvalue weighted by Crippen LogP contribution is -2.19. The van der Waals surface area contributed by atoms with E-state index in [1.807, 2.05) is 44.4 Å². The van der Waals surface area contributed by atoms with E-state index in [1.165, 1.54) is 11.3 Å². The third-order valence-electron chi connectivity index (χ3n) is 5.57.